The van der Waals surface area contributed by atoms with Gasteiger partial charge in [0.25, 0.3) is 0 Å². The van der Waals surface area contributed by atoms with Crippen LogP contribution in [0.3, 0.4) is 0 Å². The van der Waals surface area contributed by atoms with Gasteiger partial charge in [-0.25, -0.2) is 9.50 Å². The highest BCUT2D eigenvalue weighted by molar-refractivity contribution is 5.80. The molecule has 0 aromatic carbocycles. The molecule has 1 aliphatic rings. The smallest absolute Gasteiger partial charge is 0.130 e. The lowest BCUT2D eigenvalue weighted by Gasteiger charge is -2.37. The van der Waals surface area contributed by atoms with Crippen molar-refractivity contribution in [1.29, 1.82) is 10.5 Å². The third-order valence-electron chi connectivity index (χ3n) is 6.50. The lowest BCUT2D eigenvalue weighted by Crippen LogP contribution is -2.37. The Balaban J connectivity index is 1.59. The van der Waals surface area contributed by atoms with Crippen LogP contribution < -0.4 is 5.73 Å². The molecule has 0 bridgehead atoms. The van der Waals surface area contributed by atoms with Crippen LogP contribution in [0.15, 0.2) is 37.1 Å². The Bertz CT molecular complexity index is 1370. The average Bonchev–Trinajstić information content (AvgIpc) is 3.55. The van der Waals surface area contributed by atoms with Crippen molar-refractivity contribution < 1.29 is 0 Å². The SMILES string of the molecule is Cn1ncc(-c2cn3nccc3c(-c3cnn(C4(CC#N)CCC(C#N)CC4)c3)n2)c1N. The average molecular weight is 426 g/mol. The van der Waals surface area contributed by atoms with Crippen LogP contribution in [0.1, 0.15) is 32.1 Å². The van der Waals surface area contributed by atoms with Gasteiger partial charge in [0.2, 0.25) is 0 Å². The number of nitrogens with zero attached hydrogens (tertiary/aromatic N) is 9. The highest BCUT2D eigenvalue weighted by Gasteiger charge is 2.38. The standard InChI is InChI=1S/C22H22N10/c1-30-21(25)17(12-27-30)18-14-31-19(4-9-26-31)20(29-18)16-11-28-32(13-16)22(7-8-23)5-2-15(10-24)3-6-22/h4,9,11-15H,2-3,5-7,25H2,1H3. The van der Waals surface area contributed by atoms with Crippen LogP contribution in [-0.4, -0.2) is 34.2 Å². The first-order valence-corrected chi connectivity index (χ1v) is 10.5. The lowest BCUT2D eigenvalue weighted by atomic mass is 9.75. The zero-order chi connectivity index (χ0) is 22.3. The number of anilines is 1. The quantitative estimate of drug-likeness (QED) is 0.529. The van der Waals surface area contributed by atoms with Gasteiger partial charge < -0.3 is 5.73 Å². The molecule has 0 spiro atoms. The summed E-state index contributed by atoms with van der Waals surface area (Å²) < 4.78 is 5.27. The zero-order valence-electron chi connectivity index (χ0n) is 17.7. The van der Waals surface area contributed by atoms with E-state index in [0.29, 0.717) is 17.9 Å². The Hall–Kier alpha value is -4.18. The van der Waals surface area contributed by atoms with Gasteiger partial charge in [0, 0.05) is 24.7 Å². The summed E-state index contributed by atoms with van der Waals surface area (Å²) in [6.07, 6.45) is 12.4. The molecule has 0 amide bonds. The van der Waals surface area contributed by atoms with E-state index in [9.17, 15) is 10.5 Å². The van der Waals surface area contributed by atoms with Gasteiger partial charge in [-0.15, -0.1) is 0 Å². The Morgan fingerprint density at radius 1 is 1.16 bits per heavy atom. The van der Waals surface area contributed by atoms with Gasteiger partial charge >= 0.3 is 0 Å². The van der Waals surface area contributed by atoms with E-state index in [4.69, 9.17) is 10.7 Å². The van der Waals surface area contributed by atoms with E-state index in [-0.39, 0.29) is 5.92 Å². The van der Waals surface area contributed by atoms with Crippen molar-refractivity contribution in [2.24, 2.45) is 13.0 Å². The van der Waals surface area contributed by atoms with Crippen molar-refractivity contribution in [2.45, 2.75) is 37.6 Å². The summed E-state index contributed by atoms with van der Waals surface area (Å²) in [6, 6.07) is 6.59. The Kier molecular flexibility index (Phi) is 4.63. The first-order valence-electron chi connectivity index (χ1n) is 10.5. The van der Waals surface area contributed by atoms with Crippen LogP contribution in [0.4, 0.5) is 5.82 Å². The van der Waals surface area contributed by atoms with Gasteiger partial charge in [0.15, 0.2) is 0 Å². The number of nitrogens with two attached hydrogens (primary N) is 1. The van der Waals surface area contributed by atoms with E-state index in [1.54, 1.807) is 34.8 Å². The summed E-state index contributed by atoms with van der Waals surface area (Å²) in [4.78, 5) is 4.88. The van der Waals surface area contributed by atoms with Crippen molar-refractivity contribution in [1.82, 2.24) is 34.2 Å². The monoisotopic (exact) mass is 426 g/mol. The maximum Gasteiger partial charge on any atom is 0.130 e. The first-order chi connectivity index (χ1) is 15.5. The molecule has 1 aliphatic carbocycles. The molecule has 0 atom stereocenters. The summed E-state index contributed by atoms with van der Waals surface area (Å²) in [5.74, 6) is 0.569. The molecule has 0 aliphatic heterocycles. The molecule has 10 heteroatoms. The van der Waals surface area contributed by atoms with Crippen molar-refractivity contribution in [2.75, 3.05) is 5.73 Å². The second-order valence-electron chi connectivity index (χ2n) is 8.34. The van der Waals surface area contributed by atoms with Crippen LogP contribution in [0.25, 0.3) is 28.0 Å². The summed E-state index contributed by atoms with van der Waals surface area (Å²) in [7, 11) is 1.78. The molecular formula is C22H22N10. The lowest BCUT2D eigenvalue weighted by molar-refractivity contribution is 0.160. The molecule has 4 heterocycles. The second-order valence-corrected chi connectivity index (χ2v) is 8.34. The number of fused-ring (bicyclic) bond motifs is 1. The van der Waals surface area contributed by atoms with E-state index in [0.717, 1.165) is 48.0 Å². The minimum atomic E-state index is -0.401. The van der Waals surface area contributed by atoms with Gasteiger partial charge in [0.05, 0.1) is 71.4 Å². The van der Waals surface area contributed by atoms with Gasteiger partial charge in [-0.2, -0.15) is 25.8 Å². The Morgan fingerprint density at radius 2 is 1.97 bits per heavy atom. The fraction of sp³-hybridized carbons (Fsp3) is 0.364. The fourth-order valence-electron chi connectivity index (χ4n) is 4.54. The molecule has 0 unspecified atom stereocenters. The van der Waals surface area contributed by atoms with E-state index >= 15 is 0 Å². The van der Waals surface area contributed by atoms with Gasteiger partial charge in [-0.05, 0) is 31.7 Å². The molecular weight excluding hydrogens is 404 g/mol. The summed E-state index contributed by atoms with van der Waals surface area (Å²) >= 11 is 0. The van der Waals surface area contributed by atoms with Crippen molar-refractivity contribution in [3.05, 3.63) is 37.1 Å². The highest BCUT2D eigenvalue weighted by atomic mass is 15.3. The van der Waals surface area contributed by atoms with Crippen molar-refractivity contribution >= 4 is 11.3 Å². The van der Waals surface area contributed by atoms with Crippen LogP contribution in [0, 0.1) is 28.6 Å². The molecule has 10 nitrogen and oxygen atoms in total. The predicted octanol–water partition coefficient (Wildman–Crippen LogP) is 2.90. The number of nitriles is 2. The molecule has 4 aromatic heterocycles. The van der Waals surface area contributed by atoms with Gasteiger partial charge in [0.1, 0.15) is 5.82 Å². The fourth-order valence-corrected chi connectivity index (χ4v) is 4.54. The van der Waals surface area contributed by atoms with E-state index in [2.05, 4.69) is 27.4 Å². The molecule has 0 saturated heterocycles. The number of aromatic nitrogens is 7. The van der Waals surface area contributed by atoms with Crippen LogP contribution in [-0.2, 0) is 12.6 Å². The number of nitrogen functional groups attached to an aromatic ring is 1. The van der Waals surface area contributed by atoms with Crippen LogP contribution in [0.5, 0.6) is 0 Å². The number of aryl methyl sites for hydroxylation is 1. The minimum absolute atomic E-state index is 0.0477. The summed E-state index contributed by atoms with van der Waals surface area (Å²) in [5.41, 5.74) is 9.58. The second kappa shape index (κ2) is 7.50. The molecule has 1 fully saturated rings. The van der Waals surface area contributed by atoms with E-state index < -0.39 is 5.54 Å². The molecule has 160 valence electrons. The largest absolute Gasteiger partial charge is 0.383 e. The van der Waals surface area contributed by atoms with Crippen LogP contribution >= 0.6 is 0 Å². The van der Waals surface area contributed by atoms with Crippen molar-refractivity contribution in [3.8, 4) is 34.7 Å². The summed E-state index contributed by atoms with van der Waals surface area (Å²) in [5, 5.41) is 32.0. The molecule has 1 saturated carbocycles. The topological polar surface area (TPSA) is 139 Å². The maximum atomic E-state index is 9.50. The molecule has 5 rings (SSSR count). The summed E-state index contributed by atoms with van der Waals surface area (Å²) in [6.45, 7) is 0. The zero-order valence-corrected chi connectivity index (χ0v) is 17.7. The number of hydrogen-bond acceptors (Lipinski definition) is 7. The van der Waals surface area contributed by atoms with E-state index in [1.807, 2.05) is 23.1 Å². The highest BCUT2D eigenvalue weighted by Crippen LogP contribution is 2.40. The Morgan fingerprint density at radius 3 is 2.66 bits per heavy atom. The molecule has 2 N–H and O–H groups in total. The van der Waals surface area contributed by atoms with Crippen molar-refractivity contribution in [3.63, 3.8) is 0 Å². The maximum absolute atomic E-state index is 9.50. The molecule has 32 heavy (non-hydrogen) atoms. The number of rotatable bonds is 4. The normalized spacial score (nSPS) is 20.8. The van der Waals surface area contributed by atoms with E-state index in [1.165, 1.54) is 0 Å². The Labute approximate surface area is 184 Å². The number of hydrogen-bond donors (Lipinski definition) is 1. The van der Waals surface area contributed by atoms with Crippen LogP contribution in [0.2, 0.25) is 0 Å². The first kappa shape index (κ1) is 19.8. The molecule has 4 aromatic rings. The van der Waals surface area contributed by atoms with Gasteiger partial charge in [-0.1, -0.05) is 0 Å². The van der Waals surface area contributed by atoms with Gasteiger partial charge in [-0.3, -0.25) is 9.36 Å². The third kappa shape index (κ3) is 3.08. The predicted molar refractivity (Wildman–Crippen MR) is 117 cm³/mol. The molecule has 0 radical (unpaired) electrons. The third-order valence-corrected chi connectivity index (χ3v) is 6.50. The minimum Gasteiger partial charge on any atom is -0.383 e.